The third-order valence-corrected chi connectivity index (χ3v) is 4.28. The van der Waals surface area contributed by atoms with Crippen LogP contribution in [0.1, 0.15) is 44.9 Å². The van der Waals surface area contributed by atoms with Gasteiger partial charge in [0.05, 0.1) is 22.3 Å². The van der Waals surface area contributed by atoms with E-state index in [0.29, 0.717) is 28.9 Å². The van der Waals surface area contributed by atoms with Gasteiger partial charge in [0.25, 0.3) is 11.8 Å². The van der Waals surface area contributed by atoms with Crippen LogP contribution in [0.4, 0.5) is 0 Å². The lowest BCUT2D eigenvalue weighted by Crippen LogP contribution is -2.40. The summed E-state index contributed by atoms with van der Waals surface area (Å²) in [5, 5.41) is 1.19. The van der Waals surface area contributed by atoms with Crippen LogP contribution in [0.25, 0.3) is 11.0 Å². The lowest BCUT2D eigenvalue weighted by molar-refractivity contribution is 0.0886. The number of aromatic nitrogens is 3. The van der Waals surface area contributed by atoms with E-state index in [9.17, 15) is 9.59 Å². The lowest BCUT2D eigenvalue weighted by Gasteiger charge is -2.18. The number of imide groups is 1. The zero-order chi connectivity index (χ0) is 17.0. The summed E-state index contributed by atoms with van der Waals surface area (Å²) in [4.78, 5) is 34.7. The van der Waals surface area contributed by atoms with E-state index >= 15 is 0 Å². The van der Waals surface area contributed by atoms with Gasteiger partial charge in [-0.05, 0) is 32.0 Å². The maximum absolute atomic E-state index is 12.8. The van der Waals surface area contributed by atoms with Crippen molar-refractivity contribution in [2.24, 2.45) is 0 Å². The van der Waals surface area contributed by atoms with Crippen LogP contribution in [0.2, 0.25) is 0 Å². The number of hydrogen-bond acceptors (Lipinski definition) is 4. The van der Waals surface area contributed by atoms with Crippen LogP contribution in [0.3, 0.4) is 0 Å². The van der Waals surface area contributed by atoms with E-state index in [2.05, 4.69) is 9.97 Å². The largest absolute Gasteiger partial charge is 0.281 e. The Morgan fingerprint density at radius 2 is 1.62 bits per heavy atom. The molecule has 3 heterocycles. The van der Waals surface area contributed by atoms with Crippen molar-refractivity contribution in [3.8, 4) is 0 Å². The maximum Gasteiger partial charge on any atom is 0.281 e. The molecule has 0 aliphatic carbocycles. The van der Waals surface area contributed by atoms with Gasteiger partial charge in [-0.2, -0.15) is 5.01 Å². The number of carbonyl (C=O) groups excluding carboxylic acids is 2. The van der Waals surface area contributed by atoms with E-state index in [1.165, 1.54) is 5.01 Å². The van der Waals surface area contributed by atoms with Crippen LogP contribution in [0, 0.1) is 13.8 Å². The molecule has 24 heavy (non-hydrogen) atoms. The Bertz CT molecular complexity index is 984. The summed E-state index contributed by atoms with van der Waals surface area (Å²) in [5.41, 5.74) is 3.90. The normalized spacial score (nSPS) is 13.9. The number of nitrogens with zero attached hydrogens (tertiary/aromatic N) is 4. The number of carbonyl (C=O) groups is 2. The van der Waals surface area contributed by atoms with Crippen molar-refractivity contribution in [3.05, 3.63) is 58.7 Å². The van der Waals surface area contributed by atoms with Crippen LogP contribution < -0.4 is 5.01 Å². The van der Waals surface area contributed by atoms with E-state index in [4.69, 9.17) is 0 Å². The maximum atomic E-state index is 12.8. The first-order valence-electron chi connectivity index (χ1n) is 7.86. The molecule has 2 aromatic heterocycles. The molecular weight excluding hydrogens is 304 g/mol. The predicted molar refractivity (Wildman–Crippen MR) is 89.7 cm³/mol. The van der Waals surface area contributed by atoms with Gasteiger partial charge in [-0.1, -0.05) is 19.1 Å². The van der Waals surface area contributed by atoms with Gasteiger partial charge in [0, 0.05) is 12.1 Å². The minimum Gasteiger partial charge on any atom is -0.267 e. The molecule has 0 saturated carbocycles. The van der Waals surface area contributed by atoms with Crippen molar-refractivity contribution in [1.82, 2.24) is 14.6 Å². The van der Waals surface area contributed by atoms with E-state index in [-0.39, 0.29) is 11.8 Å². The van der Waals surface area contributed by atoms with Gasteiger partial charge < -0.3 is 0 Å². The topological polar surface area (TPSA) is 68.1 Å². The molecule has 0 unspecified atom stereocenters. The van der Waals surface area contributed by atoms with Crippen LogP contribution >= 0.6 is 0 Å². The molecule has 0 radical (unpaired) electrons. The van der Waals surface area contributed by atoms with Gasteiger partial charge in [-0.15, -0.1) is 0 Å². The number of amides is 2. The SMILES string of the molecule is CCc1nc2c(C)nc(C)cc2n1N1C(=O)c2ccccc2C1=O. The van der Waals surface area contributed by atoms with Crippen molar-refractivity contribution < 1.29 is 9.59 Å². The number of imidazole rings is 1. The van der Waals surface area contributed by atoms with E-state index < -0.39 is 0 Å². The lowest BCUT2D eigenvalue weighted by atomic mass is 10.1. The molecular formula is C18H16N4O2. The third-order valence-electron chi connectivity index (χ3n) is 4.28. The summed E-state index contributed by atoms with van der Waals surface area (Å²) < 4.78 is 1.64. The van der Waals surface area contributed by atoms with E-state index in [0.717, 1.165) is 16.9 Å². The molecule has 0 bridgehead atoms. The Labute approximate surface area is 138 Å². The summed E-state index contributed by atoms with van der Waals surface area (Å²) in [6.07, 6.45) is 0.598. The molecule has 0 fully saturated rings. The third kappa shape index (κ3) is 1.83. The molecule has 0 N–H and O–H groups in total. The van der Waals surface area contributed by atoms with Gasteiger partial charge in [0.1, 0.15) is 11.3 Å². The second-order valence-electron chi connectivity index (χ2n) is 5.88. The summed E-state index contributed by atoms with van der Waals surface area (Å²) in [6, 6.07) is 8.74. The Hall–Kier alpha value is -3.02. The molecule has 0 saturated heterocycles. The molecule has 120 valence electrons. The van der Waals surface area contributed by atoms with E-state index in [1.54, 1.807) is 28.9 Å². The summed E-state index contributed by atoms with van der Waals surface area (Å²) >= 11 is 0. The highest BCUT2D eigenvalue weighted by Gasteiger charge is 2.38. The predicted octanol–water partition coefficient (Wildman–Crippen LogP) is 2.54. The quantitative estimate of drug-likeness (QED) is 0.681. The highest BCUT2D eigenvalue weighted by molar-refractivity contribution is 6.31. The van der Waals surface area contributed by atoms with Crippen molar-refractivity contribution in [2.45, 2.75) is 27.2 Å². The Morgan fingerprint density at radius 1 is 1.00 bits per heavy atom. The Morgan fingerprint density at radius 3 is 2.21 bits per heavy atom. The summed E-state index contributed by atoms with van der Waals surface area (Å²) in [7, 11) is 0. The molecule has 1 aliphatic heterocycles. The number of pyridine rings is 1. The van der Waals surface area contributed by atoms with Gasteiger partial charge in [0.15, 0.2) is 0 Å². The number of aryl methyl sites for hydroxylation is 3. The number of benzene rings is 1. The average Bonchev–Trinajstić information content (AvgIpc) is 3.04. The molecule has 1 aromatic carbocycles. The molecule has 6 heteroatoms. The first-order chi connectivity index (χ1) is 11.5. The number of rotatable bonds is 2. The molecule has 3 aromatic rings. The van der Waals surface area contributed by atoms with Crippen LogP contribution in [-0.4, -0.2) is 26.5 Å². The Kier molecular flexibility index (Phi) is 3.03. The fourth-order valence-corrected chi connectivity index (χ4v) is 3.23. The number of hydrogen-bond donors (Lipinski definition) is 0. The van der Waals surface area contributed by atoms with Crippen molar-refractivity contribution in [3.63, 3.8) is 0 Å². The number of fused-ring (bicyclic) bond motifs is 2. The second kappa shape index (κ2) is 4.99. The summed E-state index contributed by atoms with van der Waals surface area (Å²) in [5.74, 6) is 0.0171. The minimum atomic E-state index is -0.322. The van der Waals surface area contributed by atoms with Crippen LogP contribution in [-0.2, 0) is 6.42 Å². The second-order valence-corrected chi connectivity index (χ2v) is 5.88. The fraction of sp³-hybridized carbons (Fsp3) is 0.222. The average molecular weight is 320 g/mol. The fourth-order valence-electron chi connectivity index (χ4n) is 3.23. The van der Waals surface area contributed by atoms with Crippen LogP contribution in [0.5, 0.6) is 0 Å². The van der Waals surface area contributed by atoms with Gasteiger partial charge in [0.2, 0.25) is 0 Å². The Balaban J connectivity index is 2.01. The minimum absolute atomic E-state index is 0.322. The molecule has 2 amide bonds. The van der Waals surface area contributed by atoms with Crippen molar-refractivity contribution >= 4 is 22.8 Å². The first kappa shape index (κ1) is 14.6. The molecule has 0 atom stereocenters. The highest BCUT2D eigenvalue weighted by atomic mass is 16.2. The first-order valence-corrected chi connectivity index (χ1v) is 7.86. The van der Waals surface area contributed by atoms with Gasteiger partial charge in [-0.25, -0.2) is 9.66 Å². The smallest absolute Gasteiger partial charge is 0.267 e. The van der Waals surface area contributed by atoms with Crippen molar-refractivity contribution in [1.29, 1.82) is 0 Å². The molecule has 1 aliphatic rings. The zero-order valence-corrected chi connectivity index (χ0v) is 13.7. The summed E-state index contributed by atoms with van der Waals surface area (Å²) in [6.45, 7) is 5.72. The monoisotopic (exact) mass is 320 g/mol. The molecule has 0 spiro atoms. The van der Waals surface area contributed by atoms with Gasteiger partial charge in [-0.3, -0.25) is 14.6 Å². The highest BCUT2D eigenvalue weighted by Crippen LogP contribution is 2.27. The van der Waals surface area contributed by atoms with Crippen LogP contribution in [0.15, 0.2) is 30.3 Å². The zero-order valence-electron chi connectivity index (χ0n) is 13.7. The van der Waals surface area contributed by atoms with Gasteiger partial charge >= 0.3 is 0 Å². The standard InChI is InChI=1S/C18H16N4O2/c1-4-15-20-16-11(3)19-10(2)9-14(16)21(15)22-17(23)12-7-5-6-8-13(12)18(22)24/h5-9H,4H2,1-3H3. The van der Waals surface area contributed by atoms with Crippen molar-refractivity contribution in [2.75, 3.05) is 5.01 Å². The molecule has 6 nitrogen and oxygen atoms in total. The molecule has 4 rings (SSSR count). The van der Waals surface area contributed by atoms with E-state index in [1.807, 2.05) is 26.8 Å².